The molecule has 0 N–H and O–H groups in total. The number of hydrogen-bond donors (Lipinski definition) is 0. The smallest absolute Gasteiger partial charge is 0.294 e. The minimum Gasteiger partial charge on any atom is -0.294 e. The minimum atomic E-state index is -0.374. The van der Waals surface area contributed by atoms with Crippen molar-refractivity contribution >= 4 is 10.9 Å². The van der Waals surface area contributed by atoms with Crippen molar-refractivity contribution in [2.75, 3.05) is 0 Å². The van der Waals surface area contributed by atoms with Crippen molar-refractivity contribution in [2.45, 2.75) is 6.92 Å². The lowest BCUT2D eigenvalue weighted by atomic mass is 10.2. The molecule has 2 heterocycles. The predicted octanol–water partition coefficient (Wildman–Crippen LogP) is 1.39. The molecule has 1 aromatic carbocycles. The van der Waals surface area contributed by atoms with Gasteiger partial charge in [0.05, 0.1) is 22.8 Å². The Morgan fingerprint density at radius 2 is 1.95 bits per heavy atom. The summed E-state index contributed by atoms with van der Waals surface area (Å²) in [5, 5.41) is 0.476. The first-order chi connectivity index (χ1) is 9.59. The van der Waals surface area contributed by atoms with Crippen LogP contribution in [0.4, 0.5) is 0 Å². The number of aromatic nitrogens is 3. The molecule has 0 radical (unpaired) electrons. The zero-order valence-electron chi connectivity index (χ0n) is 11.2. The zero-order valence-corrected chi connectivity index (χ0v) is 11.2. The quantitative estimate of drug-likeness (QED) is 0.669. The van der Waals surface area contributed by atoms with E-state index in [4.69, 9.17) is 0 Å². The topological polar surface area (TPSA) is 56.9 Å². The van der Waals surface area contributed by atoms with E-state index in [9.17, 15) is 9.59 Å². The Hall–Kier alpha value is -2.69. The highest BCUT2D eigenvalue weighted by molar-refractivity contribution is 5.77. The molecule has 0 spiro atoms. The number of nitrogens with zero attached hydrogens (tertiary/aromatic N) is 3. The Kier molecular flexibility index (Phi) is 2.75. The van der Waals surface area contributed by atoms with Gasteiger partial charge in [-0.1, -0.05) is 12.1 Å². The van der Waals surface area contributed by atoms with Gasteiger partial charge in [0.15, 0.2) is 0 Å². The van der Waals surface area contributed by atoms with Crippen LogP contribution in [0.25, 0.3) is 16.6 Å². The van der Waals surface area contributed by atoms with E-state index < -0.39 is 0 Å². The Balaban J connectivity index is 2.49. The van der Waals surface area contributed by atoms with Crippen molar-refractivity contribution in [3.8, 4) is 5.69 Å². The van der Waals surface area contributed by atoms with Crippen molar-refractivity contribution in [2.24, 2.45) is 7.05 Å². The van der Waals surface area contributed by atoms with Gasteiger partial charge in [-0.05, 0) is 30.7 Å². The summed E-state index contributed by atoms with van der Waals surface area (Å²) in [4.78, 5) is 28.9. The fourth-order valence-electron chi connectivity index (χ4n) is 2.29. The van der Waals surface area contributed by atoms with Crippen LogP contribution in [0, 0.1) is 6.92 Å². The van der Waals surface area contributed by atoms with Gasteiger partial charge in [-0.2, -0.15) is 0 Å². The summed E-state index contributed by atoms with van der Waals surface area (Å²) < 4.78 is 2.63. The van der Waals surface area contributed by atoms with Gasteiger partial charge in [0.1, 0.15) is 0 Å². The molecule has 0 atom stereocenters. The first-order valence-corrected chi connectivity index (χ1v) is 6.22. The van der Waals surface area contributed by atoms with E-state index >= 15 is 0 Å². The van der Waals surface area contributed by atoms with E-state index in [1.807, 2.05) is 25.1 Å². The molecule has 100 valence electrons. The maximum atomic E-state index is 12.5. The molecule has 0 fully saturated rings. The molecule has 2 aromatic heterocycles. The highest BCUT2D eigenvalue weighted by atomic mass is 16.2. The van der Waals surface area contributed by atoms with E-state index in [-0.39, 0.29) is 11.2 Å². The third-order valence-corrected chi connectivity index (χ3v) is 3.33. The highest BCUT2D eigenvalue weighted by Gasteiger charge is 2.12. The second kappa shape index (κ2) is 4.45. The van der Waals surface area contributed by atoms with Crippen LogP contribution < -0.4 is 11.2 Å². The van der Waals surface area contributed by atoms with Gasteiger partial charge in [0.25, 0.3) is 5.56 Å². The SMILES string of the molecule is Cc1cccc(-n2c(=O)c3ccncc3n(C)c2=O)c1. The van der Waals surface area contributed by atoms with Gasteiger partial charge in [-0.25, -0.2) is 9.36 Å². The normalized spacial score (nSPS) is 10.9. The molecule has 0 unspecified atom stereocenters. The van der Waals surface area contributed by atoms with E-state index in [0.29, 0.717) is 16.6 Å². The van der Waals surface area contributed by atoms with Crippen LogP contribution in [0.15, 0.2) is 52.3 Å². The Bertz CT molecular complexity index is 922. The summed E-state index contributed by atoms with van der Waals surface area (Å²) in [6.07, 6.45) is 3.08. The maximum Gasteiger partial charge on any atom is 0.335 e. The lowest BCUT2D eigenvalue weighted by Crippen LogP contribution is -2.37. The summed E-state index contributed by atoms with van der Waals surface area (Å²) in [7, 11) is 1.64. The van der Waals surface area contributed by atoms with Crippen molar-refractivity contribution in [3.05, 3.63) is 69.1 Å². The molecule has 0 amide bonds. The number of benzene rings is 1. The molecule has 5 nitrogen and oxygen atoms in total. The molecule has 3 rings (SSSR count). The van der Waals surface area contributed by atoms with E-state index in [2.05, 4.69) is 4.98 Å². The van der Waals surface area contributed by atoms with Crippen molar-refractivity contribution in [1.29, 1.82) is 0 Å². The predicted molar refractivity (Wildman–Crippen MR) is 77.3 cm³/mol. The van der Waals surface area contributed by atoms with Crippen LogP contribution in [-0.2, 0) is 7.05 Å². The summed E-state index contributed by atoms with van der Waals surface area (Å²) in [5.74, 6) is 0. The Labute approximate surface area is 114 Å². The van der Waals surface area contributed by atoms with Gasteiger partial charge in [-0.15, -0.1) is 0 Å². The molecule has 0 bridgehead atoms. The van der Waals surface area contributed by atoms with Gasteiger partial charge in [0, 0.05) is 13.2 Å². The third kappa shape index (κ3) is 1.75. The summed E-state index contributed by atoms with van der Waals surface area (Å²) in [6.45, 7) is 1.92. The average molecular weight is 267 g/mol. The fraction of sp³-hybridized carbons (Fsp3) is 0.133. The summed E-state index contributed by atoms with van der Waals surface area (Å²) >= 11 is 0. The first kappa shape index (κ1) is 12.3. The van der Waals surface area contributed by atoms with Crippen LogP contribution >= 0.6 is 0 Å². The van der Waals surface area contributed by atoms with Crippen LogP contribution in [0.1, 0.15) is 5.56 Å². The van der Waals surface area contributed by atoms with Gasteiger partial charge < -0.3 is 0 Å². The molecule has 20 heavy (non-hydrogen) atoms. The monoisotopic (exact) mass is 267 g/mol. The molecular weight excluding hydrogens is 254 g/mol. The van der Waals surface area contributed by atoms with Crippen molar-refractivity contribution < 1.29 is 0 Å². The number of rotatable bonds is 1. The van der Waals surface area contributed by atoms with Gasteiger partial charge in [0.2, 0.25) is 0 Å². The van der Waals surface area contributed by atoms with Crippen molar-refractivity contribution in [1.82, 2.24) is 14.1 Å². The second-order valence-electron chi connectivity index (χ2n) is 4.71. The highest BCUT2D eigenvalue weighted by Crippen LogP contribution is 2.09. The molecule has 0 aliphatic carbocycles. The van der Waals surface area contributed by atoms with Crippen LogP contribution in [0.3, 0.4) is 0 Å². The fourth-order valence-corrected chi connectivity index (χ4v) is 2.29. The zero-order chi connectivity index (χ0) is 14.3. The summed E-state index contributed by atoms with van der Waals surface area (Å²) in [5.41, 5.74) is 1.41. The minimum absolute atomic E-state index is 0.323. The second-order valence-corrected chi connectivity index (χ2v) is 4.71. The molecule has 0 aliphatic heterocycles. The Morgan fingerprint density at radius 1 is 1.15 bits per heavy atom. The number of aryl methyl sites for hydroxylation is 2. The largest absolute Gasteiger partial charge is 0.335 e. The van der Waals surface area contributed by atoms with E-state index in [0.717, 1.165) is 5.56 Å². The lowest BCUT2D eigenvalue weighted by Gasteiger charge is -2.10. The van der Waals surface area contributed by atoms with Crippen LogP contribution in [0.2, 0.25) is 0 Å². The van der Waals surface area contributed by atoms with Crippen molar-refractivity contribution in [3.63, 3.8) is 0 Å². The molecule has 3 aromatic rings. The van der Waals surface area contributed by atoms with Crippen LogP contribution in [-0.4, -0.2) is 14.1 Å². The third-order valence-electron chi connectivity index (χ3n) is 3.33. The van der Waals surface area contributed by atoms with Gasteiger partial charge >= 0.3 is 5.69 Å². The standard InChI is InChI=1S/C15H13N3O2/c1-10-4-3-5-11(8-10)18-14(19)12-6-7-16-9-13(12)17(2)15(18)20/h3-9H,1-2H3. The molecule has 0 aliphatic rings. The molecule has 0 saturated heterocycles. The number of hydrogen-bond acceptors (Lipinski definition) is 3. The first-order valence-electron chi connectivity index (χ1n) is 6.22. The van der Waals surface area contributed by atoms with Gasteiger partial charge in [-0.3, -0.25) is 14.3 Å². The maximum absolute atomic E-state index is 12.5. The molecule has 5 heteroatoms. The molecule has 0 saturated carbocycles. The van der Waals surface area contributed by atoms with Crippen LogP contribution in [0.5, 0.6) is 0 Å². The summed E-state index contributed by atoms with van der Waals surface area (Å²) in [6, 6.07) is 8.94. The number of fused-ring (bicyclic) bond motifs is 1. The lowest BCUT2D eigenvalue weighted by molar-refractivity contribution is 0.772. The Morgan fingerprint density at radius 3 is 2.70 bits per heavy atom. The van der Waals surface area contributed by atoms with E-state index in [1.54, 1.807) is 25.4 Å². The number of pyridine rings is 1. The average Bonchev–Trinajstić information content (AvgIpc) is 2.45. The van der Waals surface area contributed by atoms with E-state index in [1.165, 1.54) is 15.3 Å². The molecular formula is C15H13N3O2.